The van der Waals surface area contributed by atoms with Gasteiger partial charge < -0.3 is 19.7 Å². The van der Waals surface area contributed by atoms with E-state index in [1.54, 1.807) is 31.4 Å². The molecule has 2 aromatic carbocycles. The molecular formula is C21H25N3O4. The molecule has 7 nitrogen and oxygen atoms in total. The van der Waals surface area contributed by atoms with Crippen molar-refractivity contribution in [3.8, 4) is 5.75 Å². The number of para-hydroxylation sites is 3. The maximum Gasteiger partial charge on any atom is 0.339 e. The largest absolute Gasteiger partial charge is 0.495 e. The van der Waals surface area contributed by atoms with Crippen LogP contribution >= 0.6 is 0 Å². The van der Waals surface area contributed by atoms with Crippen LogP contribution in [0.3, 0.4) is 0 Å². The van der Waals surface area contributed by atoms with Crippen molar-refractivity contribution in [3.63, 3.8) is 0 Å². The second kappa shape index (κ2) is 9.23. The van der Waals surface area contributed by atoms with Crippen molar-refractivity contribution >= 4 is 23.3 Å². The van der Waals surface area contributed by atoms with Crippen molar-refractivity contribution in [1.29, 1.82) is 0 Å². The number of methoxy groups -OCH3 is 2. The summed E-state index contributed by atoms with van der Waals surface area (Å²) in [5.74, 6) is 0.233. The molecule has 0 radical (unpaired) electrons. The van der Waals surface area contributed by atoms with E-state index in [1.165, 1.54) is 7.11 Å². The van der Waals surface area contributed by atoms with Crippen molar-refractivity contribution in [2.75, 3.05) is 57.2 Å². The Balaban J connectivity index is 1.55. The number of carbonyl (C=O) groups is 2. The lowest BCUT2D eigenvalue weighted by Crippen LogP contribution is -2.48. The SMILES string of the molecule is COC(=O)c1ccccc1NC(=O)CN1CCN(c2ccccc2OC)CC1. The molecule has 1 fully saturated rings. The lowest BCUT2D eigenvalue weighted by atomic mass is 10.2. The van der Waals surface area contributed by atoms with Gasteiger partial charge in [0.05, 0.1) is 37.7 Å². The molecule has 0 unspecified atom stereocenters. The maximum atomic E-state index is 12.5. The highest BCUT2D eigenvalue weighted by molar-refractivity contribution is 6.01. The standard InChI is InChI=1S/C21H25N3O4/c1-27-19-10-6-5-9-18(19)24-13-11-23(12-14-24)15-20(25)22-17-8-4-3-7-16(17)21(26)28-2/h3-10H,11-15H2,1-2H3,(H,22,25). The molecule has 28 heavy (non-hydrogen) atoms. The summed E-state index contributed by atoms with van der Waals surface area (Å²) in [4.78, 5) is 28.6. The van der Waals surface area contributed by atoms with Crippen molar-refractivity contribution in [2.24, 2.45) is 0 Å². The summed E-state index contributed by atoms with van der Waals surface area (Å²) in [5.41, 5.74) is 1.88. The third-order valence-electron chi connectivity index (χ3n) is 4.77. The molecule has 0 spiro atoms. The van der Waals surface area contributed by atoms with E-state index in [-0.39, 0.29) is 12.5 Å². The lowest BCUT2D eigenvalue weighted by molar-refractivity contribution is -0.117. The maximum absolute atomic E-state index is 12.5. The Morgan fingerprint density at radius 1 is 0.964 bits per heavy atom. The number of anilines is 2. The zero-order chi connectivity index (χ0) is 19.9. The van der Waals surface area contributed by atoms with Gasteiger partial charge in [-0.2, -0.15) is 0 Å². The number of amides is 1. The zero-order valence-electron chi connectivity index (χ0n) is 16.2. The van der Waals surface area contributed by atoms with Gasteiger partial charge in [0.25, 0.3) is 0 Å². The Morgan fingerprint density at radius 2 is 1.64 bits per heavy atom. The molecular weight excluding hydrogens is 358 g/mol. The smallest absolute Gasteiger partial charge is 0.339 e. The van der Waals surface area contributed by atoms with Gasteiger partial charge in [-0.05, 0) is 24.3 Å². The Kier molecular flexibility index (Phi) is 6.49. The highest BCUT2D eigenvalue weighted by Gasteiger charge is 2.21. The van der Waals surface area contributed by atoms with E-state index in [0.29, 0.717) is 11.3 Å². The van der Waals surface area contributed by atoms with E-state index in [0.717, 1.165) is 37.6 Å². The van der Waals surface area contributed by atoms with Crippen LogP contribution in [0.15, 0.2) is 48.5 Å². The van der Waals surface area contributed by atoms with Crippen LogP contribution in [0.2, 0.25) is 0 Å². The topological polar surface area (TPSA) is 71.1 Å². The van der Waals surface area contributed by atoms with Crippen LogP contribution in [0.4, 0.5) is 11.4 Å². The van der Waals surface area contributed by atoms with Crippen LogP contribution in [0.1, 0.15) is 10.4 Å². The Morgan fingerprint density at radius 3 is 2.36 bits per heavy atom. The minimum Gasteiger partial charge on any atom is -0.495 e. The van der Waals surface area contributed by atoms with E-state index in [9.17, 15) is 9.59 Å². The fourth-order valence-corrected chi connectivity index (χ4v) is 3.31. The first-order chi connectivity index (χ1) is 13.6. The van der Waals surface area contributed by atoms with Crippen LogP contribution in [-0.2, 0) is 9.53 Å². The summed E-state index contributed by atoms with van der Waals surface area (Å²) in [7, 11) is 2.99. The molecule has 0 saturated carbocycles. The first kappa shape index (κ1) is 19.7. The monoisotopic (exact) mass is 383 g/mol. The van der Waals surface area contributed by atoms with E-state index >= 15 is 0 Å². The number of piperazine rings is 1. The summed E-state index contributed by atoms with van der Waals surface area (Å²) in [5, 5.41) is 2.82. The summed E-state index contributed by atoms with van der Waals surface area (Å²) in [6.07, 6.45) is 0. The first-order valence-corrected chi connectivity index (χ1v) is 9.20. The van der Waals surface area contributed by atoms with Crippen LogP contribution < -0.4 is 15.0 Å². The highest BCUT2D eigenvalue weighted by atomic mass is 16.5. The molecule has 1 heterocycles. The van der Waals surface area contributed by atoms with Crippen LogP contribution in [0, 0.1) is 0 Å². The average Bonchev–Trinajstić information content (AvgIpc) is 2.74. The van der Waals surface area contributed by atoms with E-state index in [2.05, 4.69) is 15.1 Å². The van der Waals surface area contributed by atoms with Gasteiger partial charge in [-0.3, -0.25) is 9.69 Å². The molecule has 7 heteroatoms. The van der Waals surface area contributed by atoms with Gasteiger partial charge in [0.1, 0.15) is 5.75 Å². The summed E-state index contributed by atoms with van der Waals surface area (Å²) < 4.78 is 10.2. The first-order valence-electron chi connectivity index (χ1n) is 9.20. The van der Waals surface area contributed by atoms with Gasteiger partial charge in [0.15, 0.2) is 0 Å². The predicted molar refractivity (Wildman–Crippen MR) is 108 cm³/mol. The molecule has 0 aromatic heterocycles. The molecule has 0 atom stereocenters. The molecule has 148 valence electrons. The van der Waals surface area contributed by atoms with Gasteiger partial charge >= 0.3 is 5.97 Å². The van der Waals surface area contributed by atoms with Crippen LogP contribution in [0.25, 0.3) is 0 Å². The second-order valence-corrected chi connectivity index (χ2v) is 6.52. The summed E-state index contributed by atoms with van der Waals surface area (Å²) >= 11 is 0. The number of hydrogen-bond acceptors (Lipinski definition) is 6. The molecule has 1 N–H and O–H groups in total. The van der Waals surface area contributed by atoms with Crippen molar-refractivity contribution < 1.29 is 19.1 Å². The van der Waals surface area contributed by atoms with Crippen LogP contribution in [0.5, 0.6) is 5.75 Å². The number of esters is 1. The quantitative estimate of drug-likeness (QED) is 0.772. The minimum absolute atomic E-state index is 0.151. The van der Waals surface area contributed by atoms with Crippen LogP contribution in [-0.4, -0.2) is 63.7 Å². The molecule has 1 aliphatic heterocycles. The Hall–Kier alpha value is -3.06. The summed E-state index contributed by atoms with van der Waals surface area (Å²) in [6.45, 7) is 3.43. The third kappa shape index (κ3) is 4.61. The number of benzene rings is 2. The number of nitrogens with zero attached hydrogens (tertiary/aromatic N) is 2. The van der Waals surface area contributed by atoms with Crippen molar-refractivity contribution in [1.82, 2.24) is 4.90 Å². The highest BCUT2D eigenvalue weighted by Crippen LogP contribution is 2.28. The Bertz CT molecular complexity index is 832. The molecule has 1 amide bonds. The lowest BCUT2D eigenvalue weighted by Gasteiger charge is -2.36. The van der Waals surface area contributed by atoms with E-state index in [1.807, 2.05) is 24.3 Å². The fraction of sp³-hybridized carbons (Fsp3) is 0.333. The van der Waals surface area contributed by atoms with Gasteiger partial charge in [0.2, 0.25) is 5.91 Å². The Labute approximate surface area is 164 Å². The minimum atomic E-state index is -0.471. The van der Waals surface area contributed by atoms with E-state index in [4.69, 9.17) is 9.47 Å². The second-order valence-electron chi connectivity index (χ2n) is 6.52. The molecule has 2 aromatic rings. The molecule has 0 bridgehead atoms. The van der Waals surface area contributed by atoms with E-state index < -0.39 is 5.97 Å². The van der Waals surface area contributed by atoms with Gasteiger partial charge in [-0.15, -0.1) is 0 Å². The van der Waals surface area contributed by atoms with Crippen molar-refractivity contribution in [3.05, 3.63) is 54.1 Å². The number of carbonyl (C=O) groups excluding carboxylic acids is 2. The van der Waals surface area contributed by atoms with Gasteiger partial charge in [-0.1, -0.05) is 24.3 Å². The summed E-state index contributed by atoms with van der Waals surface area (Å²) in [6, 6.07) is 14.8. The molecule has 1 saturated heterocycles. The molecule has 3 rings (SSSR count). The fourth-order valence-electron chi connectivity index (χ4n) is 3.31. The zero-order valence-corrected chi connectivity index (χ0v) is 16.2. The third-order valence-corrected chi connectivity index (χ3v) is 4.77. The molecule has 1 aliphatic rings. The number of rotatable bonds is 6. The molecule has 0 aliphatic carbocycles. The number of ether oxygens (including phenoxy) is 2. The predicted octanol–water partition coefficient (Wildman–Crippen LogP) is 2.24. The van der Waals surface area contributed by atoms with Gasteiger partial charge in [-0.25, -0.2) is 4.79 Å². The average molecular weight is 383 g/mol. The normalized spacial score (nSPS) is 14.4. The van der Waals surface area contributed by atoms with Crippen molar-refractivity contribution in [2.45, 2.75) is 0 Å². The number of nitrogens with one attached hydrogen (secondary N) is 1. The van der Waals surface area contributed by atoms with Gasteiger partial charge in [0, 0.05) is 26.2 Å². The number of hydrogen-bond donors (Lipinski definition) is 1.